The lowest BCUT2D eigenvalue weighted by Gasteiger charge is -2.29. The first-order chi connectivity index (χ1) is 12.8. The summed E-state index contributed by atoms with van der Waals surface area (Å²) in [5.74, 6) is -0.279. The van der Waals surface area contributed by atoms with Gasteiger partial charge in [0, 0.05) is 29.3 Å². The molecule has 0 aliphatic carbocycles. The maximum absolute atomic E-state index is 13.0. The van der Waals surface area contributed by atoms with Crippen molar-refractivity contribution in [3.8, 4) is 0 Å². The molecule has 0 aromatic heterocycles. The Bertz CT molecular complexity index is 659. The quantitative estimate of drug-likeness (QED) is 0.686. The fraction of sp³-hybridized carbons (Fsp3) is 0.600. The monoisotopic (exact) mass is 394 g/mol. The maximum atomic E-state index is 13.0. The highest BCUT2D eigenvalue weighted by Gasteiger charge is 2.37. The molecule has 1 aromatic carbocycles. The van der Waals surface area contributed by atoms with E-state index in [1.165, 1.54) is 0 Å². The molecule has 2 amide bonds. The molecular weight excluding hydrogens is 364 g/mol. The van der Waals surface area contributed by atoms with Gasteiger partial charge >= 0.3 is 0 Å². The molecule has 1 aliphatic heterocycles. The van der Waals surface area contributed by atoms with Crippen LogP contribution in [0.25, 0.3) is 0 Å². The van der Waals surface area contributed by atoms with Crippen molar-refractivity contribution < 1.29 is 19.1 Å². The van der Waals surface area contributed by atoms with Gasteiger partial charge in [-0.2, -0.15) is 0 Å². The van der Waals surface area contributed by atoms with Crippen LogP contribution in [-0.2, 0) is 19.1 Å². The van der Waals surface area contributed by atoms with E-state index in [0.717, 1.165) is 10.6 Å². The largest absolute Gasteiger partial charge is 0.351 e. The average Bonchev–Trinajstić information content (AvgIpc) is 2.70. The van der Waals surface area contributed by atoms with Crippen LogP contribution in [0.5, 0.6) is 0 Å². The smallest absolute Gasteiger partial charge is 0.243 e. The summed E-state index contributed by atoms with van der Waals surface area (Å²) in [7, 11) is 0. The lowest BCUT2D eigenvalue weighted by molar-refractivity contribution is -0.141. The number of nitrogens with zero attached hydrogens (tertiary/aromatic N) is 1. The number of thioether (sulfide) groups is 1. The molecule has 1 aromatic rings. The Morgan fingerprint density at radius 1 is 1.26 bits per heavy atom. The van der Waals surface area contributed by atoms with Crippen molar-refractivity contribution in [1.82, 2.24) is 5.32 Å². The van der Waals surface area contributed by atoms with Crippen molar-refractivity contribution in [3.05, 3.63) is 24.3 Å². The Morgan fingerprint density at radius 2 is 1.89 bits per heavy atom. The van der Waals surface area contributed by atoms with Crippen molar-refractivity contribution in [2.45, 2.75) is 63.0 Å². The van der Waals surface area contributed by atoms with Gasteiger partial charge in [0.2, 0.25) is 11.8 Å². The van der Waals surface area contributed by atoms with Crippen LogP contribution in [0.2, 0.25) is 0 Å². The van der Waals surface area contributed by atoms with Crippen LogP contribution in [0, 0.1) is 0 Å². The van der Waals surface area contributed by atoms with Crippen LogP contribution in [0.3, 0.4) is 0 Å². The fourth-order valence-corrected chi connectivity index (χ4v) is 4.28. The van der Waals surface area contributed by atoms with Gasteiger partial charge in [0.1, 0.15) is 6.04 Å². The minimum atomic E-state index is -0.628. The van der Waals surface area contributed by atoms with E-state index >= 15 is 0 Å². The third-order valence-electron chi connectivity index (χ3n) is 4.27. The Kier molecular flexibility index (Phi) is 7.70. The third kappa shape index (κ3) is 5.70. The van der Waals surface area contributed by atoms with Gasteiger partial charge < -0.3 is 14.8 Å². The minimum Gasteiger partial charge on any atom is -0.351 e. The van der Waals surface area contributed by atoms with E-state index in [2.05, 4.69) is 19.2 Å². The molecule has 2 rings (SSSR count). The number of ether oxygens (including phenoxy) is 2. The first-order valence-corrected chi connectivity index (χ1v) is 10.2. The summed E-state index contributed by atoms with van der Waals surface area (Å²) in [6, 6.07) is 7.11. The molecule has 27 heavy (non-hydrogen) atoms. The highest BCUT2D eigenvalue weighted by molar-refractivity contribution is 8.00. The number of rotatable bonds is 8. The van der Waals surface area contributed by atoms with Gasteiger partial charge in [-0.3, -0.25) is 14.5 Å². The average molecular weight is 395 g/mol. The zero-order valence-corrected chi connectivity index (χ0v) is 17.6. The number of fused-ring (bicyclic) bond motifs is 1. The standard InChI is InChI=1S/C20H30N2O4S/c1-6-25-18(26-7-2)13-21-19(24)14(3)22-15-10-8-9-11-16(15)27-20(4,5)12-17(22)23/h8-11,14,18H,6-7,12-13H2,1-5H3,(H,21,24). The Balaban J connectivity index is 2.17. The zero-order chi connectivity index (χ0) is 20.0. The van der Waals surface area contributed by atoms with Crippen molar-refractivity contribution in [1.29, 1.82) is 0 Å². The molecule has 7 heteroatoms. The van der Waals surface area contributed by atoms with E-state index in [4.69, 9.17) is 9.47 Å². The summed E-state index contributed by atoms with van der Waals surface area (Å²) in [6.07, 6.45) is -0.123. The molecule has 1 atom stereocenters. The van der Waals surface area contributed by atoms with Crippen LogP contribution in [-0.4, -0.2) is 48.7 Å². The van der Waals surface area contributed by atoms with Gasteiger partial charge in [0.25, 0.3) is 0 Å². The minimum absolute atomic E-state index is 0.0498. The van der Waals surface area contributed by atoms with Gasteiger partial charge in [-0.1, -0.05) is 12.1 Å². The summed E-state index contributed by atoms with van der Waals surface area (Å²) in [4.78, 5) is 28.3. The number of hydrogen-bond acceptors (Lipinski definition) is 5. The van der Waals surface area contributed by atoms with E-state index in [0.29, 0.717) is 19.6 Å². The Hall–Kier alpha value is -1.57. The zero-order valence-electron chi connectivity index (χ0n) is 16.8. The summed E-state index contributed by atoms with van der Waals surface area (Å²) in [6.45, 7) is 10.9. The second-order valence-electron chi connectivity index (χ2n) is 7.03. The molecule has 1 heterocycles. The van der Waals surface area contributed by atoms with E-state index in [1.54, 1.807) is 23.6 Å². The summed E-state index contributed by atoms with van der Waals surface area (Å²) in [5, 5.41) is 2.85. The number of para-hydroxylation sites is 1. The second-order valence-corrected chi connectivity index (χ2v) is 8.78. The summed E-state index contributed by atoms with van der Waals surface area (Å²) in [5.41, 5.74) is 0.784. The van der Waals surface area contributed by atoms with Gasteiger partial charge in [0.15, 0.2) is 6.29 Å². The molecule has 1 aliphatic rings. The molecule has 1 unspecified atom stereocenters. The topological polar surface area (TPSA) is 67.9 Å². The Morgan fingerprint density at radius 3 is 2.52 bits per heavy atom. The number of anilines is 1. The van der Waals surface area contributed by atoms with Crippen LogP contribution in [0.1, 0.15) is 41.0 Å². The van der Waals surface area contributed by atoms with E-state index < -0.39 is 12.3 Å². The van der Waals surface area contributed by atoms with Gasteiger partial charge in [-0.05, 0) is 46.8 Å². The molecule has 150 valence electrons. The van der Waals surface area contributed by atoms with E-state index in [1.807, 2.05) is 38.1 Å². The normalized spacial score (nSPS) is 17.4. The molecule has 0 spiro atoms. The van der Waals surface area contributed by atoms with Crippen molar-refractivity contribution >= 4 is 29.3 Å². The second kappa shape index (κ2) is 9.57. The molecular formula is C20H30N2O4S. The highest BCUT2D eigenvalue weighted by Crippen LogP contribution is 2.44. The predicted octanol–water partition coefficient (Wildman–Crippen LogP) is 3.20. The molecule has 0 bridgehead atoms. The van der Waals surface area contributed by atoms with Crippen molar-refractivity contribution in [2.24, 2.45) is 0 Å². The first-order valence-electron chi connectivity index (χ1n) is 9.40. The van der Waals surface area contributed by atoms with Crippen LogP contribution in [0.15, 0.2) is 29.2 Å². The van der Waals surface area contributed by atoms with Crippen LogP contribution < -0.4 is 10.2 Å². The summed E-state index contributed by atoms with van der Waals surface area (Å²) >= 11 is 1.67. The van der Waals surface area contributed by atoms with Crippen LogP contribution in [0.4, 0.5) is 5.69 Å². The number of amides is 2. The van der Waals surface area contributed by atoms with Crippen molar-refractivity contribution in [3.63, 3.8) is 0 Å². The van der Waals surface area contributed by atoms with E-state index in [-0.39, 0.29) is 23.1 Å². The lowest BCUT2D eigenvalue weighted by Crippen LogP contribution is -2.50. The number of carbonyl (C=O) groups excluding carboxylic acids is 2. The number of nitrogens with one attached hydrogen (secondary N) is 1. The Labute approximate surface area is 166 Å². The fourth-order valence-electron chi connectivity index (χ4n) is 3.07. The van der Waals surface area contributed by atoms with Crippen LogP contribution >= 0.6 is 11.8 Å². The predicted molar refractivity (Wildman–Crippen MR) is 108 cm³/mol. The van der Waals surface area contributed by atoms with Crippen molar-refractivity contribution in [2.75, 3.05) is 24.7 Å². The third-order valence-corrected chi connectivity index (χ3v) is 5.53. The number of carbonyl (C=O) groups is 2. The highest BCUT2D eigenvalue weighted by atomic mass is 32.2. The molecule has 0 saturated heterocycles. The van der Waals surface area contributed by atoms with Gasteiger partial charge in [-0.25, -0.2) is 0 Å². The molecule has 6 nitrogen and oxygen atoms in total. The van der Waals surface area contributed by atoms with Gasteiger partial charge in [0.05, 0.1) is 12.2 Å². The lowest BCUT2D eigenvalue weighted by atomic mass is 10.1. The SMILES string of the molecule is CCOC(CNC(=O)C(C)N1C(=O)CC(C)(C)Sc2ccccc21)OCC. The number of benzene rings is 1. The molecule has 0 saturated carbocycles. The maximum Gasteiger partial charge on any atom is 0.243 e. The summed E-state index contributed by atoms with van der Waals surface area (Å²) < 4.78 is 10.7. The van der Waals surface area contributed by atoms with Gasteiger partial charge in [-0.15, -0.1) is 11.8 Å². The number of hydrogen-bond donors (Lipinski definition) is 1. The van der Waals surface area contributed by atoms with E-state index in [9.17, 15) is 9.59 Å². The molecule has 1 N–H and O–H groups in total. The molecule has 0 fully saturated rings. The first kappa shape index (κ1) is 21.7. The molecule has 0 radical (unpaired) electrons.